The Morgan fingerprint density at radius 1 is 1.22 bits per heavy atom. The molecule has 0 amide bonds. The van der Waals surface area contributed by atoms with Crippen molar-refractivity contribution in [2.24, 2.45) is 0 Å². The Hall–Kier alpha value is -0.170. The molecule has 1 saturated carbocycles. The maximum Gasteiger partial charge on any atom is 0.282 e. The van der Waals surface area contributed by atoms with Gasteiger partial charge in [0.05, 0.1) is 6.61 Å². The van der Waals surface area contributed by atoms with Crippen LogP contribution in [0.15, 0.2) is 0 Å². The average Bonchev–Trinajstić information content (AvgIpc) is 2.35. The number of nitrogens with zero attached hydrogens (tertiary/aromatic N) is 2. The van der Waals surface area contributed by atoms with Crippen molar-refractivity contribution in [1.82, 2.24) is 8.61 Å². The molecule has 0 atom stereocenters. The Labute approximate surface area is 111 Å². The first-order valence-electron chi connectivity index (χ1n) is 6.77. The zero-order valence-corrected chi connectivity index (χ0v) is 12.5. The van der Waals surface area contributed by atoms with Crippen molar-refractivity contribution in [2.75, 3.05) is 20.2 Å². The predicted molar refractivity (Wildman–Crippen MR) is 72.5 cm³/mol. The molecule has 0 heterocycles. The summed E-state index contributed by atoms with van der Waals surface area (Å²) in [5, 5.41) is 9.13. The first-order valence-corrected chi connectivity index (χ1v) is 8.16. The third-order valence-electron chi connectivity index (χ3n) is 3.69. The molecular formula is C12H26N2O3S. The molecular weight excluding hydrogens is 252 g/mol. The van der Waals surface area contributed by atoms with Crippen LogP contribution in [0.5, 0.6) is 0 Å². The van der Waals surface area contributed by atoms with Crippen molar-refractivity contribution in [3.8, 4) is 0 Å². The molecule has 0 aromatic carbocycles. The van der Waals surface area contributed by atoms with Gasteiger partial charge in [-0.1, -0.05) is 19.3 Å². The van der Waals surface area contributed by atoms with Gasteiger partial charge < -0.3 is 5.11 Å². The summed E-state index contributed by atoms with van der Waals surface area (Å²) in [5.74, 6) is 0. The molecule has 0 aliphatic heterocycles. The molecule has 0 saturated heterocycles. The van der Waals surface area contributed by atoms with Gasteiger partial charge in [-0.3, -0.25) is 0 Å². The zero-order valence-electron chi connectivity index (χ0n) is 11.7. The van der Waals surface area contributed by atoms with E-state index in [1.807, 2.05) is 13.8 Å². The van der Waals surface area contributed by atoms with Gasteiger partial charge in [-0.2, -0.15) is 17.0 Å². The molecule has 18 heavy (non-hydrogen) atoms. The van der Waals surface area contributed by atoms with Crippen LogP contribution >= 0.6 is 0 Å². The lowest BCUT2D eigenvalue weighted by Gasteiger charge is -2.36. The van der Waals surface area contributed by atoms with Crippen LogP contribution in [-0.2, 0) is 10.2 Å². The van der Waals surface area contributed by atoms with Gasteiger partial charge in [0.2, 0.25) is 0 Å². The summed E-state index contributed by atoms with van der Waals surface area (Å²) in [6, 6.07) is -0.0168. The van der Waals surface area contributed by atoms with E-state index in [4.69, 9.17) is 5.11 Å². The van der Waals surface area contributed by atoms with Crippen molar-refractivity contribution in [1.29, 1.82) is 0 Å². The summed E-state index contributed by atoms with van der Waals surface area (Å²) in [6.07, 6.45) is 5.15. The Morgan fingerprint density at radius 3 is 2.22 bits per heavy atom. The molecule has 0 unspecified atom stereocenters. The molecule has 0 aromatic rings. The maximum atomic E-state index is 12.5. The van der Waals surface area contributed by atoms with Crippen LogP contribution in [0, 0.1) is 0 Å². The van der Waals surface area contributed by atoms with E-state index in [0.29, 0.717) is 0 Å². The number of hydrogen-bond donors (Lipinski definition) is 1. The van der Waals surface area contributed by atoms with Crippen molar-refractivity contribution < 1.29 is 13.5 Å². The monoisotopic (exact) mass is 278 g/mol. The van der Waals surface area contributed by atoms with E-state index in [2.05, 4.69) is 0 Å². The van der Waals surface area contributed by atoms with Crippen LogP contribution in [-0.4, -0.2) is 54.4 Å². The van der Waals surface area contributed by atoms with Gasteiger partial charge in [-0.15, -0.1) is 0 Å². The van der Waals surface area contributed by atoms with E-state index in [-0.39, 0.29) is 25.2 Å². The number of aliphatic hydroxyl groups excluding tert-OH is 1. The molecule has 0 aromatic heterocycles. The van der Waals surface area contributed by atoms with Crippen LogP contribution < -0.4 is 0 Å². The Kier molecular flexibility index (Phi) is 6.04. The van der Waals surface area contributed by atoms with E-state index < -0.39 is 10.2 Å². The van der Waals surface area contributed by atoms with Gasteiger partial charge in [0, 0.05) is 25.7 Å². The summed E-state index contributed by atoms with van der Waals surface area (Å²) in [7, 11) is -1.85. The number of aliphatic hydroxyl groups is 1. The smallest absolute Gasteiger partial charge is 0.282 e. The van der Waals surface area contributed by atoms with Crippen LogP contribution in [0.3, 0.4) is 0 Å². The largest absolute Gasteiger partial charge is 0.395 e. The van der Waals surface area contributed by atoms with Crippen LogP contribution in [0.1, 0.15) is 46.0 Å². The second kappa shape index (κ2) is 6.84. The second-order valence-electron chi connectivity index (χ2n) is 5.24. The van der Waals surface area contributed by atoms with Crippen molar-refractivity contribution >= 4 is 10.2 Å². The molecule has 6 heteroatoms. The summed E-state index contributed by atoms with van der Waals surface area (Å²) >= 11 is 0. The number of rotatable bonds is 6. The highest BCUT2D eigenvalue weighted by molar-refractivity contribution is 7.86. The quantitative estimate of drug-likeness (QED) is 0.794. The fourth-order valence-electron chi connectivity index (χ4n) is 2.39. The molecule has 1 rings (SSSR count). The lowest BCUT2D eigenvalue weighted by atomic mass is 9.95. The van der Waals surface area contributed by atoms with E-state index in [1.54, 1.807) is 7.05 Å². The molecule has 0 radical (unpaired) electrons. The van der Waals surface area contributed by atoms with Crippen LogP contribution in [0.25, 0.3) is 0 Å². The van der Waals surface area contributed by atoms with Gasteiger partial charge in [-0.05, 0) is 26.7 Å². The molecule has 1 aliphatic rings. The molecule has 0 spiro atoms. The Bertz CT molecular complexity index is 337. The van der Waals surface area contributed by atoms with Crippen LogP contribution in [0.4, 0.5) is 0 Å². The third-order valence-corrected chi connectivity index (χ3v) is 5.91. The molecule has 0 bridgehead atoms. The van der Waals surface area contributed by atoms with Gasteiger partial charge in [0.1, 0.15) is 0 Å². The molecule has 1 aliphatic carbocycles. The van der Waals surface area contributed by atoms with Gasteiger partial charge >= 0.3 is 0 Å². The van der Waals surface area contributed by atoms with E-state index in [1.165, 1.54) is 15.0 Å². The molecule has 1 fully saturated rings. The fourth-order valence-corrected chi connectivity index (χ4v) is 4.15. The van der Waals surface area contributed by atoms with E-state index in [0.717, 1.165) is 25.7 Å². The highest BCUT2D eigenvalue weighted by atomic mass is 32.2. The van der Waals surface area contributed by atoms with E-state index >= 15 is 0 Å². The average molecular weight is 278 g/mol. The minimum Gasteiger partial charge on any atom is -0.395 e. The fraction of sp³-hybridized carbons (Fsp3) is 1.00. The minimum atomic E-state index is -3.46. The normalized spacial score (nSPS) is 19.1. The van der Waals surface area contributed by atoms with Crippen LogP contribution in [0.2, 0.25) is 0 Å². The third kappa shape index (κ3) is 3.66. The first-order chi connectivity index (χ1) is 8.41. The summed E-state index contributed by atoms with van der Waals surface area (Å²) < 4.78 is 27.9. The van der Waals surface area contributed by atoms with Gasteiger partial charge in [0.25, 0.3) is 10.2 Å². The highest BCUT2D eigenvalue weighted by Crippen LogP contribution is 2.25. The summed E-state index contributed by atoms with van der Waals surface area (Å²) in [5.41, 5.74) is 0. The second-order valence-corrected chi connectivity index (χ2v) is 7.18. The topological polar surface area (TPSA) is 60.9 Å². The van der Waals surface area contributed by atoms with E-state index in [9.17, 15) is 8.42 Å². The van der Waals surface area contributed by atoms with Crippen molar-refractivity contribution in [3.05, 3.63) is 0 Å². The molecule has 1 N–H and O–H groups in total. The summed E-state index contributed by atoms with van der Waals surface area (Å²) in [4.78, 5) is 0. The maximum absolute atomic E-state index is 12.5. The first kappa shape index (κ1) is 15.9. The summed E-state index contributed by atoms with van der Waals surface area (Å²) in [6.45, 7) is 3.79. The number of hydrogen-bond acceptors (Lipinski definition) is 3. The van der Waals surface area contributed by atoms with Crippen molar-refractivity contribution in [3.63, 3.8) is 0 Å². The molecule has 5 nitrogen and oxygen atoms in total. The highest BCUT2D eigenvalue weighted by Gasteiger charge is 2.34. The van der Waals surface area contributed by atoms with Crippen molar-refractivity contribution in [2.45, 2.75) is 58.0 Å². The van der Waals surface area contributed by atoms with Gasteiger partial charge in [-0.25, -0.2) is 0 Å². The lowest BCUT2D eigenvalue weighted by molar-refractivity contribution is 0.188. The lowest BCUT2D eigenvalue weighted by Crippen LogP contribution is -2.50. The Balaban J connectivity index is 2.88. The minimum absolute atomic E-state index is 0.0529. The predicted octanol–water partition coefficient (Wildman–Crippen LogP) is 1.20. The SMILES string of the molecule is CC(C)N(C)S(=O)(=O)N(CCO)C1CCCCC1. The van der Waals surface area contributed by atoms with Gasteiger partial charge in [0.15, 0.2) is 0 Å². The molecule has 108 valence electrons. The zero-order chi connectivity index (χ0) is 13.8. The Morgan fingerprint density at radius 2 is 1.78 bits per heavy atom. The standard InChI is InChI=1S/C12H26N2O3S/c1-11(2)13(3)18(16,17)14(9-10-15)12-7-5-4-6-8-12/h11-12,15H,4-10H2,1-3H3.